The van der Waals surface area contributed by atoms with Crippen LogP contribution in [0, 0.1) is 0 Å². The molecule has 0 atom stereocenters. The van der Waals surface area contributed by atoms with Gasteiger partial charge in [0.2, 0.25) is 5.91 Å². The third-order valence-corrected chi connectivity index (χ3v) is 3.64. The van der Waals surface area contributed by atoms with Crippen molar-refractivity contribution < 1.29 is 4.79 Å². The Bertz CT molecular complexity index is 525. The van der Waals surface area contributed by atoms with Gasteiger partial charge in [0.05, 0.1) is 11.9 Å². The smallest absolute Gasteiger partial charge is 0.247 e. The van der Waals surface area contributed by atoms with Gasteiger partial charge in [-0.3, -0.25) is 4.79 Å². The molecule has 8 heteroatoms. The molecule has 2 aromatic heterocycles. The van der Waals surface area contributed by atoms with Crippen LogP contribution in [0.5, 0.6) is 0 Å². The molecule has 0 unspecified atom stereocenters. The Morgan fingerprint density at radius 1 is 1.61 bits per heavy atom. The first-order valence-corrected chi connectivity index (χ1v) is 6.46. The quantitative estimate of drug-likeness (QED) is 0.816. The third kappa shape index (κ3) is 2.39. The molecule has 0 saturated carbocycles. The Morgan fingerprint density at radius 3 is 3.33 bits per heavy atom. The topological polar surface area (TPSA) is 84.7 Å². The number of rotatable bonds is 3. The molecule has 0 aromatic carbocycles. The number of nitrogens with one attached hydrogen (secondary N) is 2. The molecule has 2 aromatic rings. The van der Waals surface area contributed by atoms with E-state index in [1.165, 1.54) is 20.9 Å². The average molecular weight is 264 g/mol. The molecular weight excluding hydrogens is 252 g/mol. The maximum atomic E-state index is 11.7. The fourth-order valence-electron chi connectivity index (χ4n) is 1.80. The van der Waals surface area contributed by atoms with E-state index >= 15 is 0 Å². The predicted molar refractivity (Wildman–Crippen MR) is 66.2 cm³/mol. The monoisotopic (exact) mass is 264 g/mol. The van der Waals surface area contributed by atoms with Crippen LogP contribution >= 0.6 is 11.3 Å². The number of nitrogens with zero attached hydrogens (tertiary/aromatic N) is 4. The van der Waals surface area contributed by atoms with Gasteiger partial charge in [0.15, 0.2) is 5.13 Å². The molecule has 1 aliphatic rings. The van der Waals surface area contributed by atoms with E-state index in [-0.39, 0.29) is 12.5 Å². The number of hydrogen-bond donors (Lipinski definition) is 2. The van der Waals surface area contributed by atoms with Gasteiger partial charge in [-0.25, -0.2) is 9.67 Å². The standard InChI is InChI=1S/C10H12N6OS/c17-9(6-16-4-3-12-15-16)14-10-13-7-1-2-11-5-8(7)18-10/h3-4,11H,1-2,5-6H2,(H,13,14,17). The summed E-state index contributed by atoms with van der Waals surface area (Å²) in [5.41, 5.74) is 1.09. The minimum absolute atomic E-state index is 0.139. The van der Waals surface area contributed by atoms with Crippen molar-refractivity contribution in [3.05, 3.63) is 23.0 Å². The Kier molecular flexibility index (Phi) is 3.03. The van der Waals surface area contributed by atoms with Gasteiger partial charge in [-0.15, -0.1) is 16.4 Å². The summed E-state index contributed by atoms with van der Waals surface area (Å²) < 4.78 is 1.48. The molecule has 0 aliphatic carbocycles. The van der Waals surface area contributed by atoms with Gasteiger partial charge in [-0.2, -0.15) is 0 Å². The lowest BCUT2D eigenvalue weighted by Crippen LogP contribution is -2.22. The van der Waals surface area contributed by atoms with E-state index in [1.807, 2.05) is 0 Å². The summed E-state index contributed by atoms with van der Waals surface area (Å²) in [7, 11) is 0. The second-order valence-electron chi connectivity index (χ2n) is 3.96. The molecule has 2 N–H and O–H groups in total. The van der Waals surface area contributed by atoms with Gasteiger partial charge in [-0.1, -0.05) is 5.21 Å². The van der Waals surface area contributed by atoms with Gasteiger partial charge in [0, 0.05) is 30.6 Å². The van der Waals surface area contributed by atoms with E-state index in [4.69, 9.17) is 0 Å². The van der Waals surface area contributed by atoms with Gasteiger partial charge in [-0.05, 0) is 0 Å². The summed E-state index contributed by atoms with van der Waals surface area (Å²) >= 11 is 1.53. The normalized spacial score (nSPS) is 14.2. The molecule has 18 heavy (non-hydrogen) atoms. The summed E-state index contributed by atoms with van der Waals surface area (Å²) in [6.45, 7) is 1.94. The van der Waals surface area contributed by atoms with E-state index in [1.54, 1.807) is 12.4 Å². The van der Waals surface area contributed by atoms with E-state index in [2.05, 4.69) is 25.9 Å². The van der Waals surface area contributed by atoms with Crippen LogP contribution in [0.1, 0.15) is 10.6 Å². The highest BCUT2D eigenvalue weighted by molar-refractivity contribution is 7.15. The van der Waals surface area contributed by atoms with Crippen LogP contribution in [-0.2, 0) is 24.3 Å². The SMILES string of the molecule is O=C(Cn1ccnn1)Nc1nc2c(s1)CNCC2. The first kappa shape index (κ1) is 11.3. The maximum Gasteiger partial charge on any atom is 0.247 e. The van der Waals surface area contributed by atoms with Crippen LogP contribution in [-0.4, -0.2) is 32.4 Å². The number of carbonyl (C=O) groups excluding carboxylic acids is 1. The van der Waals surface area contributed by atoms with E-state index in [0.717, 1.165) is 25.2 Å². The summed E-state index contributed by atoms with van der Waals surface area (Å²) in [5, 5.41) is 14.1. The highest BCUT2D eigenvalue weighted by Gasteiger charge is 2.16. The van der Waals surface area contributed by atoms with Crippen molar-refractivity contribution in [1.29, 1.82) is 0 Å². The highest BCUT2D eigenvalue weighted by Crippen LogP contribution is 2.25. The van der Waals surface area contributed by atoms with Crippen molar-refractivity contribution in [2.24, 2.45) is 0 Å². The van der Waals surface area contributed by atoms with Gasteiger partial charge < -0.3 is 10.6 Å². The number of fused-ring (bicyclic) bond motifs is 1. The zero-order valence-electron chi connectivity index (χ0n) is 9.59. The minimum Gasteiger partial charge on any atom is -0.311 e. The van der Waals surface area contributed by atoms with Crippen LogP contribution < -0.4 is 10.6 Å². The zero-order valence-corrected chi connectivity index (χ0v) is 10.4. The lowest BCUT2D eigenvalue weighted by atomic mass is 10.2. The van der Waals surface area contributed by atoms with E-state index in [9.17, 15) is 4.79 Å². The predicted octanol–water partition coefficient (Wildman–Crippen LogP) is 0.0190. The molecule has 0 bridgehead atoms. The number of thiazole rings is 1. The van der Waals surface area contributed by atoms with E-state index < -0.39 is 0 Å². The second-order valence-corrected chi connectivity index (χ2v) is 5.05. The Labute approximate surface area is 107 Å². The molecule has 0 spiro atoms. The van der Waals surface area contributed by atoms with Crippen LogP contribution in [0.3, 0.4) is 0 Å². The van der Waals surface area contributed by atoms with Crippen LogP contribution in [0.2, 0.25) is 0 Å². The van der Waals surface area contributed by atoms with Crippen molar-refractivity contribution in [3.63, 3.8) is 0 Å². The molecule has 3 rings (SSSR count). The van der Waals surface area contributed by atoms with Crippen LogP contribution in [0.15, 0.2) is 12.4 Å². The third-order valence-electron chi connectivity index (χ3n) is 2.63. The highest BCUT2D eigenvalue weighted by atomic mass is 32.1. The fourth-order valence-corrected chi connectivity index (χ4v) is 2.80. The van der Waals surface area contributed by atoms with Crippen molar-refractivity contribution in [2.75, 3.05) is 11.9 Å². The number of aromatic nitrogens is 4. The van der Waals surface area contributed by atoms with Crippen molar-refractivity contribution in [1.82, 2.24) is 25.3 Å². The van der Waals surface area contributed by atoms with E-state index in [0.29, 0.717) is 5.13 Å². The summed E-state index contributed by atoms with van der Waals surface area (Å²) in [6, 6.07) is 0. The lowest BCUT2D eigenvalue weighted by molar-refractivity contribution is -0.116. The second kappa shape index (κ2) is 4.83. The summed E-state index contributed by atoms with van der Waals surface area (Å²) in [4.78, 5) is 17.4. The van der Waals surface area contributed by atoms with Crippen molar-refractivity contribution in [3.8, 4) is 0 Å². The van der Waals surface area contributed by atoms with Crippen molar-refractivity contribution >= 4 is 22.4 Å². The average Bonchev–Trinajstić information content (AvgIpc) is 2.96. The molecule has 1 aliphatic heterocycles. The van der Waals surface area contributed by atoms with Gasteiger partial charge in [0.1, 0.15) is 6.54 Å². The maximum absolute atomic E-state index is 11.7. The Hall–Kier alpha value is -1.80. The molecule has 7 nitrogen and oxygen atoms in total. The molecule has 3 heterocycles. The molecule has 94 valence electrons. The summed E-state index contributed by atoms with van der Waals surface area (Å²) in [5.74, 6) is -0.139. The zero-order chi connectivity index (χ0) is 12.4. The first-order chi connectivity index (χ1) is 8.81. The summed E-state index contributed by atoms with van der Waals surface area (Å²) in [6.07, 6.45) is 4.11. The van der Waals surface area contributed by atoms with Crippen LogP contribution in [0.4, 0.5) is 5.13 Å². The number of amides is 1. The number of hydrogen-bond acceptors (Lipinski definition) is 6. The number of carbonyl (C=O) groups is 1. The molecule has 0 fully saturated rings. The minimum atomic E-state index is -0.139. The largest absolute Gasteiger partial charge is 0.311 e. The first-order valence-electron chi connectivity index (χ1n) is 5.64. The van der Waals surface area contributed by atoms with Gasteiger partial charge in [0.25, 0.3) is 0 Å². The molecule has 0 radical (unpaired) electrons. The van der Waals surface area contributed by atoms with Crippen molar-refractivity contribution in [2.45, 2.75) is 19.5 Å². The molecule has 1 amide bonds. The Balaban J connectivity index is 1.65. The fraction of sp³-hybridized carbons (Fsp3) is 0.400. The number of anilines is 1. The molecule has 0 saturated heterocycles. The lowest BCUT2D eigenvalue weighted by Gasteiger charge is -2.09. The van der Waals surface area contributed by atoms with Crippen LogP contribution in [0.25, 0.3) is 0 Å². The Morgan fingerprint density at radius 2 is 2.56 bits per heavy atom. The molecular formula is C10H12N6OS. The van der Waals surface area contributed by atoms with Gasteiger partial charge >= 0.3 is 0 Å².